The first-order valence-electron chi connectivity index (χ1n) is 6.63. The monoisotopic (exact) mass is 278 g/mol. The summed E-state index contributed by atoms with van der Waals surface area (Å²) < 4.78 is 10.9. The van der Waals surface area contributed by atoms with Gasteiger partial charge in [0.2, 0.25) is 0 Å². The van der Waals surface area contributed by atoms with Gasteiger partial charge in [0, 0.05) is 18.4 Å². The van der Waals surface area contributed by atoms with Crippen LogP contribution in [0.25, 0.3) is 11.0 Å². The van der Waals surface area contributed by atoms with Gasteiger partial charge in [-0.25, -0.2) is 4.98 Å². The third-order valence-corrected chi connectivity index (χ3v) is 4.35. The standard InChI is InChI=1S/C14H18N2O2S/c1-17-10-5-6-12-13(8-10)16-14(15-12)19-9-11-4-2-3-7-18-11/h5-6,8,11H,2-4,7,9H2,1H3,(H,15,16)/t11-/m0/s1. The maximum Gasteiger partial charge on any atom is 0.166 e. The molecule has 0 radical (unpaired) electrons. The Morgan fingerprint density at radius 3 is 3.21 bits per heavy atom. The van der Waals surface area contributed by atoms with Gasteiger partial charge in [-0.2, -0.15) is 0 Å². The second-order valence-electron chi connectivity index (χ2n) is 4.72. The maximum absolute atomic E-state index is 5.73. The fourth-order valence-corrected chi connectivity index (χ4v) is 3.22. The van der Waals surface area contributed by atoms with Gasteiger partial charge in [0.15, 0.2) is 5.16 Å². The van der Waals surface area contributed by atoms with Gasteiger partial charge in [0.05, 0.1) is 24.2 Å². The van der Waals surface area contributed by atoms with E-state index in [1.54, 1.807) is 18.9 Å². The Morgan fingerprint density at radius 1 is 1.47 bits per heavy atom. The second-order valence-corrected chi connectivity index (χ2v) is 5.73. The summed E-state index contributed by atoms with van der Waals surface area (Å²) in [6.07, 6.45) is 4.02. The molecule has 3 rings (SSSR count). The Balaban J connectivity index is 1.67. The van der Waals surface area contributed by atoms with Gasteiger partial charge in [-0.1, -0.05) is 11.8 Å². The molecule has 0 saturated carbocycles. The zero-order valence-electron chi connectivity index (χ0n) is 11.0. The van der Waals surface area contributed by atoms with Crippen LogP contribution in [0, 0.1) is 0 Å². The minimum absolute atomic E-state index is 0.376. The lowest BCUT2D eigenvalue weighted by molar-refractivity contribution is 0.0315. The molecule has 2 heterocycles. The van der Waals surface area contributed by atoms with Crippen LogP contribution in [-0.2, 0) is 4.74 Å². The highest BCUT2D eigenvalue weighted by molar-refractivity contribution is 7.99. The number of aromatic nitrogens is 2. The zero-order valence-corrected chi connectivity index (χ0v) is 11.8. The van der Waals surface area contributed by atoms with Crippen LogP contribution in [-0.4, -0.2) is 35.5 Å². The molecule has 4 nitrogen and oxygen atoms in total. The van der Waals surface area contributed by atoms with Gasteiger partial charge in [0.1, 0.15) is 5.75 Å². The van der Waals surface area contributed by atoms with Gasteiger partial charge in [-0.3, -0.25) is 0 Å². The largest absolute Gasteiger partial charge is 0.497 e. The average Bonchev–Trinajstić information content (AvgIpc) is 2.88. The molecule has 0 bridgehead atoms. The number of hydrogen-bond donors (Lipinski definition) is 1. The Bertz CT molecular complexity index is 549. The van der Waals surface area contributed by atoms with Crippen molar-refractivity contribution in [3.05, 3.63) is 18.2 Å². The van der Waals surface area contributed by atoms with Crippen molar-refractivity contribution < 1.29 is 9.47 Å². The van der Waals surface area contributed by atoms with Crippen LogP contribution >= 0.6 is 11.8 Å². The van der Waals surface area contributed by atoms with Gasteiger partial charge in [-0.15, -0.1) is 0 Å². The highest BCUT2D eigenvalue weighted by Gasteiger charge is 2.15. The van der Waals surface area contributed by atoms with Crippen LogP contribution in [0.4, 0.5) is 0 Å². The molecule has 1 aromatic heterocycles. The van der Waals surface area contributed by atoms with Crippen LogP contribution in [0.2, 0.25) is 0 Å². The van der Waals surface area contributed by atoms with Gasteiger partial charge >= 0.3 is 0 Å². The van der Waals surface area contributed by atoms with Crippen molar-refractivity contribution in [1.29, 1.82) is 0 Å². The van der Waals surface area contributed by atoms with E-state index in [9.17, 15) is 0 Å². The molecule has 1 aliphatic heterocycles. The summed E-state index contributed by atoms with van der Waals surface area (Å²) in [7, 11) is 1.67. The van der Waals surface area contributed by atoms with E-state index in [1.807, 2.05) is 18.2 Å². The van der Waals surface area contributed by atoms with Crippen molar-refractivity contribution in [1.82, 2.24) is 9.97 Å². The number of methoxy groups -OCH3 is 1. The molecule has 1 fully saturated rings. The lowest BCUT2D eigenvalue weighted by atomic mass is 10.1. The van der Waals surface area contributed by atoms with E-state index in [1.165, 1.54) is 19.3 Å². The normalized spacial score (nSPS) is 19.7. The maximum atomic E-state index is 5.73. The van der Waals surface area contributed by atoms with E-state index in [-0.39, 0.29) is 0 Å². The molecule has 0 aliphatic carbocycles. The fraction of sp³-hybridized carbons (Fsp3) is 0.500. The number of nitrogens with one attached hydrogen (secondary N) is 1. The average molecular weight is 278 g/mol. The lowest BCUT2D eigenvalue weighted by Crippen LogP contribution is -2.21. The summed E-state index contributed by atoms with van der Waals surface area (Å²) in [5, 5.41) is 0.956. The minimum atomic E-state index is 0.376. The zero-order chi connectivity index (χ0) is 13.1. The fourth-order valence-electron chi connectivity index (χ4n) is 2.27. The van der Waals surface area contributed by atoms with E-state index in [0.717, 1.165) is 34.3 Å². The van der Waals surface area contributed by atoms with Gasteiger partial charge in [0.25, 0.3) is 0 Å². The number of thioether (sulfide) groups is 1. The molecule has 5 heteroatoms. The molecule has 0 amide bonds. The lowest BCUT2D eigenvalue weighted by Gasteiger charge is -2.21. The first kappa shape index (κ1) is 12.8. The van der Waals surface area contributed by atoms with Crippen molar-refractivity contribution in [3.8, 4) is 5.75 Å². The van der Waals surface area contributed by atoms with Gasteiger partial charge in [-0.05, 0) is 31.4 Å². The summed E-state index contributed by atoms with van der Waals surface area (Å²) in [4.78, 5) is 7.89. The predicted molar refractivity (Wildman–Crippen MR) is 77.0 cm³/mol. The van der Waals surface area contributed by atoms with Crippen LogP contribution in [0.1, 0.15) is 19.3 Å². The number of fused-ring (bicyclic) bond motifs is 1. The third-order valence-electron chi connectivity index (χ3n) is 3.35. The number of hydrogen-bond acceptors (Lipinski definition) is 4. The van der Waals surface area contributed by atoms with E-state index >= 15 is 0 Å². The quantitative estimate of drug-likeness (QED) is 0.872. The van der Waals surface area contributed by atoms with Crippen LogP contribution in [0.5, 0.6) is 5.75 Å². The predicted octanol–water partition coefficient (Wildman–Crippen LogP) is 3.23. The van der Waals surface area contributed by atoms with Crippen molar-refractivity contribution in [2.45, 2.75) is 30.5 Å². The summed E-state index contributed by atoms with van der Waals surface area (Å²) in [5.41, 5.74) is 2.00. The van der Waals surface area contributed by atoms with E-state index in [0.29, 0.717) is 6.10 Å². The van der Waals surface area contributed by atoms with Crippen LogP contribution < -0.4 is 4.74 Å². The molecule has 0 unspecified atom stereocenters. The molecule has 0 spiro atoms. The topological polar surface area (TPSA) is 47.1 Å². The molecule has 102 valence electrons. The molecule has 19 heavy (non-hydrogen) atoms. The highest BCUT2D eigenvalue weighted by Crippen LogP contribution is 2.25. The van der Waals surface area contributed by atoms with Crippen molar-refractivity contribution >= 4 is 22.8 Å². The molecule has 1 aliphatic rings. The SMILES string of the molecule is COc1ccc2nc(SC[C@@H]3CCCCO3)[nH]c2c1. The van der Waals surface area contributed by atoms with Crippen LogP contribution in [0.15, 0.2) is 23.4 Å². The molecular formula is C14H18N2O2S. The molecular weight excluding hydrogens is 260 g/mol. The number of aromatic amines is 1. The highest BCUT2D eigenvalue weighted by atomic mass is 32.2. The number of nitrogens with zero attached hydrogens (tertiary/aromatic N) is 1. The summed E-state index contributed by atoms with van der Waals surface area (Å²) in [6.45, 7) is 0.905. The molecule has 1 N–H and O–H groups in total. The van der Waals surface area contributed by atoms with Gasteiger partial charge < -0.3 is 14.5 Å². The third kappa shape index (κ3) is 3.04. The Kier molecular flexibility index (Phi) is 3.94. The van der Waals surface area contributed by atoms with E-state index in [2.05, 4.69) is 9.97 Å². The second kappa shape index (κ2) is 5.84. The first-order valence-corrected chi connectivity index (χ1v) is 7.62. The number of H-pyrrole nitrogens is 1. The summed E-state index contributed by atoms with van der Waals surface area (Å²) >= 11 is 1.73. The Hall–Kier alpha value is -1.20. The molecule has 1 atom stereocenters. The molecule has 2 aromatic rings. The molecule has 1 aromatic carbocycles. The Morgan fingerprint density at radius 2 is 2.42 bits per heavy atom. The number of imidazole rings is 1. The van der Waals surface area contributed by atoms with Crippen molar-refractivity contribution in [2.75, 3.05) is 19.5 Å². The number of rotatable bonds is 4. The number of ether oxygens (including phenoxy) is 2. The summed E-state index contributed by atoms with van der Waals surface area (Å²) in [5.74, 6) is 1.82. The number of benzene rings is 1. The van der Waals surface area contributed by atoms with Crippen LogP contribution in [0.3, 0.4) is 0 Å². The van der Waals surface area contributed by atoms with Crippen molar-refractivity contribution in [3.63, 3.8) is 0 Å². The van der Waals surface area contributed by atoms with E-state index < -0.39 is 0 Å². The molecule has 1 saturated heterocycles. The smallest absolute Gasteiger partial charge is 0.166 e. The van der Waals surface area contributed by atoms with E-state index in [4.69, 9.17) is 9.47 Å². The summed E-state index contributed by atoms with van der Waals surface area (Å²) in [6, 6.07) is 5.89. The first-order chi connectivity index (χ1) is 9.35. The minimum Gasteiger partial charge on any atom is -0.497 e. The Labute approximate surface area is 116 Å². The van der Waals surface area contributed by atoms with Crippen molar-refractivity contribution in [2.24, 2.45) is 0 Å².